The first-order chi connectivity index (χ1) is 9.56. The van der Waals surface area contributed by atoms with Crippen molar-refractivity contribution in [1.29, 1.82) is 0 Å². The Bertz CT molecular complexity index is 651. The van der Waals surface area contributed by atoms with Crippen LogP contribution in [-0.4, -0.2) is 15.0 Å². The van der Waals surface area contributed by atoms with Crippen LogP contribution < -0.4 is 10.6 Å². The van der Waals surface area contributed by atoms with E-state index in [1.807, 2.05) is 0 Å². The third-order valence-electron chi connectivity index (χ3n) is 2.33. The molecule has 0 radical (unpaired) electrons. The van der Waals surface area contributed by atoms with Crippen molar-refractivity contribution < 1.29 is 4.92 Å². The zero-order chi connectivity index (χ0) is 14.5. The number of aromatic nitrogens is 1. The molecule has 2 rings (SSSR count). The summed E-state index contributed by atoms with van der Waals surface area (Å²) < 4.78 is 0. The summed E-state index contributed by atoms with van der Waals surface area (Å²) in [5.41, 5.74) is 1.13. The normalized spacial score (nSPS) is 9.85. The molecule has 2 aromatic rings. The van der Waals surface area contributed by atoms with E-state index in [1.54, 1.807) is 24.5 Å². The van der Waals surface area contributed by atoms with Crippen LogP contribution in [0.2, 0.25) is 5.02 Å². The lowest BCUT2D eigenvalue weighted by atomic mass is 10.3. The highest BCUT2D eigenvalue weighted by atomic mass is 35.5. The van der Waals surface area contributed by atoms with Gasteiger partial charge in [0.2, 0.25) is 0 Å². The van der Waals surface area contributed by atoms with Crippen molar-refractivity contribution in [2.75, 3.05) is 10.6 Å². The van der Waals surface area contributed by atoms with Gasteiger partial charge in [0.1, 0.15) is 0 Å². The molecule has 1 aromatic heterocycles. The lowest BCUT2D eigenvalue weighted by molar-refractivity contribution is -0.384. The molecule has 1 heterocycles. The molecule has 0 bridgehead atoms. The fourth-order valence-corrected chi connectivity index (χ4v) is 1.89. The van der Waals surface area contributed by atoms with Gasteiger partial charge in [-0.25, -0.2) is 0 Å². The first-order valence-electron chi connectivity index (χ1n) is 5.48. The molecule has 0 aliphatic heterocycles. The molecule has 0 saturated carbocycles. The molecule has 0 fully saturated rings. The van der Waals surface area contributed by atoms with E-state index in [2.05, 4.69) is 15.6 Å². The molecular weight excluding hydrogens is 300 g/mol. The highest BCUT2D eigenvalue weighted by Crippen LogP contribution is 2.26. The van der Waals surface area contributed by atoms with Gasteiger partial charge in [-0.3, -0.25) is 15.1 Å². The number of non-ortho nitro benzene ring substituents is 1. The summed E-state index contributed by atoms with van der Waals surface area (Å²) in [5.74, 6) is 0. The molecule has 8 heteroatoms. The number of nitro groups is 1. The van der Waals surface area contributed by atoms with Crippen LogP contribution in [0.25, 0.3) is 0 Å². The molecule has 20 heavy (non-hydrogen) atoms. The van der Waals surface area contributed by atoms with Crippen molar-refractivity contribution in [2.45, 2.75) is 0 Å². The SMILES string of the molecule is O=[N+]([O-])c1ccc(NC(=S)Nc2cccnc2)c(Cl)c1. The highest BCUT2D eigenvalue weighted by Gasteiger charge is 2.10. The number of benzene rings is 1. The summed E-state index contributed by atoms with van der Waals surface area (Å²) in [4.78, 5) is 14.0. The monoisotopic (exact) mass is 308 g/mol. The van der Waals surface area contributed by atoms with Gasteiger partial charge in [-0.2, -0.15) is 0 Å². The van der Waals surface area contributed by atoms with Crippen LogP contribution in [0.15, 0.2) is 42.7 Å². The van der Waals surface area contributed by atoms with Crippen molar-refractivity contribution in [2.24, 2.45) is 0 Å². The lowest BCUT2D eigenvalue weighted by Gasteiger charge is -2.11. The zero-order valence-corrected chi connectivity index (χ0v) is 11.6. The first-order valence-corrected chi connectivity index (χ1v) is 6.27. The summed E-state index contributed by atoms with van der Waals surface area (Å²) in [6.45, 7) is 0. The number of halogens is 1. The van der Waals surface area contributed by atoms with Crippen molar-refractivity contribution in [3.05, 3.63) is 57.9 Å². The lowest BCUT2D eigenvalue weighted by Crippen LogP contribution is -2.19. The van der Waals surface area contributed by atoms with Gasteiger partial charge in [-0.1, -0.05) is 11.6 Å². The van der Waals surface area contributed by atoms with E-state index in [0.717, 1.165) is 5.69 Å². The zero-order valence-electron chi connectivity index (χ0n) is 10.0. The minimum atomic E-state index is -0.512. The van der Waals surface area contributed by atoms with E-state index in [9.17, 15) is 10.1 Å². The Morgan fingerprint density at radius 2 is 2.15 bits per heavy atom. The van der Waals surface area contributed by atoms with Crippen molar-refractivity contribution in [3.63, 3.8) is 0 Å². The number of nitrogens with zero attached hydrogens (tertiary/aromatic N) is 2. The van der Waals surface area contributed by atoms with Gasteiger partial charge in [0.25, 0.3) is 5.69 Å². The standard InChI is InChI=1S/C12H9ClN4O2S/c13-10-6-9(17(18)19)3-4-11(10)16-12(20)15-8-2-1-5-14-7-8/h1-7H,(H2,15,16,20). The van der Waals surface area contributed by atoms with Crippen LogP contribution in [0.3, 0.4) is 0 Å². The Morgan fingerprint density at radius 3 is 2.75 bits per heavy atom. The average Bonchev–Trinajstić information content (AvgIpc) is 2.42. The second kappa shape index (κ2) is 6.27. The smallest absolute Gasteiger partial charge is 0.271 e. The molecule has 0 atom stereocenters. The third kappa shape index (κ3) is 3.62. The number of nitrogens with one attached hydrogen (secondary N) is 2. The molecular formula is C12H9ClN4O2S. The van der Waals surface area contributed by atoms with Crippen molar-refractivity contribution in [3.8, 4) is 0 Å². The molecule has 0 spiro atoms. The van der Waals surface area contributed by atoms with Crippen LogP contribution in [0.1, 0.15) is 0 Å². The molecule has 0 amide bonds. The van der Waals surface area contributed by atoms with Gasteiger partial charge >= 0.3 is 0 Å². The van der Waals surface area contributed by atoms with Crippen molar-refractivity contribution in [1.82, 2.24) is 4.98 Å². The number of pyridine rings is 1. The van der Waals surface area contributed by atoms with Gasteiger partial charge in [0, 0.05) is 18.3 Å². The van der Waals surface area contributed by atoms with Crippen LogP contribution in [0.4, 0.5) is 17.1 Å². The number of rotatable bonds is 3. The first kappa shape index (κ1) is 14.2. The van der Waals surface area contributed by atoms with Gasteiger partial charge in [-0.05, 0) is 30.4 Å². The fourth-order valence-electron chi connectivity index (χ4n) is 1.44. The number of nitro benzene ring substituents is 1. The summed E-state index contributed by atoms with van der Waals surface area (Å²) in [7, 11) is 0. The molecule has 1 aromatic carbocycles. The van der Waals surface area contributed by atoms with E-state index in [0.29, 0.717) is 10.8 Å². The fraction of sp³-hybridized carbons (Fsp3) is 0. The van der Waals surface area contributed by atoms with Crippen molar-refractivity contribution >= 4 is 46.0 Å². The third-order valence-corrected chi connectivity index (χ3v) is 2.85. The van der Waals surface area contributed by atoms with Crippen LogP contribution in [0, 0.1) is 10.1 Å². The number of hydrogen-bond donors (Lipinski definition) is 2. The molecule has 6 nitrogen and oxygen atoms in total. The molecule has 102 valence electrons. The van der Waals surface area contributed by atoms with E-state index in [-0.39, 0.29) is 10.7 Å². The Morgan fingerprint density at radius 1 is 1.35 bits per heavy atom. The Hall–Kier alpha value is -2.25. The minimum Gasteiger partial charge on any atom is -0.331 e. The maximum atomic E-state index is 10.6. The van der Waals surface area contributed by atoms with E-state index >= 15 is 0 Å². The second-order valence-corrected chi connectivity index (χ2v) is 4.56. The summed E-state index contributed by atoms with van der Waals surface area (Å²) in [5, 5.41) is 16.9. The van der Waals surface area contributed by atoms with E-state index in [4.69, 9.17) is 23.8 Å². The Kier molecular flexibility index (Phi) is 4.44. The van der Waals surface area contributed by atoms with Crippen LogP contribution >= 0.6 is 23.8 Å². The predicted molar refractivity (Wildman–Crippen MR) is 82.2 cm³/mol. The molecule has 0 unspecified atom stereocenters. The summed E-state index contributed by atoms with van der Waals surface area (Å²) in [6.07, 6.45) is 3.26. The topological polar surface area (TPSA) is 80.1 Å². The van der Waals surface area contributed by atoms with Gasteiger partial charge in [0.05, 0.1) is 27.5 Å². The number of thiocarbonyl (C=S) groups is 1. The van der Waals surface area contributed by atoms with E-state index < -0.39 is 4.92 Å². The van der Waals surface area contributed by atoms with E-state index in [1.165, 1.54) is 18.2 Å². The summed E-state index contributed by atoms with van der Waals surface area (Å²) in [6, 6.07) is 7.68. The van der Waals surface area contributed by atoms with Crippen LogP contribution in [-0.2, 0) is 0 Å². The largest absolute Gasteiger partial charge is 0.331 e. The number of anilines is 2. The Balaban J connectivity index is 2.06. The summed E-state index contributed by atoms with van der Waals surface area (Å²) >= 11 is 11.1. The maximum Gasteiger partial charge on any atom is 0.271 e. The highest BCUT2D eigenvalue weighted by molar-refractivity contribution is 7.80. The number of hydrogen-bond acceptors (Lipinski definition) is 4. The molecule has 2 N–H and O–H groups in total. The molecule has 0 aliphatic rings. The predicted octanol–water partition coefficient (Wildman–Crippen LogP) is 3.45. The van der Waals surface area contributed by atoms with Gasteiger partial charge in [-0.15, -0.1) is 0 Å². The van der Waals surface area contributed by atoms with Crippen LogP contribution in [0.5, 0.6) is 0 Å². The second-order valence-electron chi connectivity index (χ2n) is 3.74. The quantitative estimate of drug-likeness (QED) is 0.513. The molecule has 0 saturated heterocycles. The minimum absolute atomic E-state index is 0.0771. The van der Waals surface area contributed by atoms with Gasteiger partial charge in [0.15, 0.2) is 5.11 Å². The maximum absolute atomic E-state index is 10.6. The average molecular weight is 309 g/mol. The molecule has 0 aliphatic carbocycles. The van der Waals surface area contributed by atoms with Gasteiger partial charge < -0.3 is 10.6 Å². The Labute approximate surface area is 124 Å².